The molecule has 0 fully saturated rings. The lowest BCUT2D eigenvalue weighted by molar-refractivity contribution is -0.114. The van der Waals surface area contributed by atoms with Gasteiger partial charge in [0, 0.05) is 18.3 Å². The molecular formula is C18H20N2O3S. The molecule has 0 bridgehead atoms. The van der Waals surface area contributed by atoms with Crippen molar-refractivity contribution in [2.75, 3.05) is 10.0 Å². The number of fused-ring (bicyclic) bond motifs is 1. The molecule has 6 heteroatoms. The summed E-state index contributed by atoms with van der Waals surface area (Å²) in [4.78, 5) is 11.4. The smallest absolute Gasteiger partial charge is 0.261 e. The highest BCUT2D eigenvalue weighted by Crippen LogP contribution is 2.27. The van der Waals surface area contributed by atoms with Gasteiger partial charge in [-0.1, -0.05) is 12.1 Å². The number of hydrogen-bond donors (Lipinski definition) is 2. The number of carbonyl (C=O) groups excluding carboxylic acids is 1. The Balaban J connectivity index is 1.89. The van der Waals surface area contributed by atoms with Crippen LogP contribution in [0.1, 0.15) is 30.0 Å². The second kappa shape index (κ2) is 6.28. The van der Waals surface area contributed by atoms with Crippen LogP contribution < -0.4 is 10.0 Å². The van der Waals surface area contributed by atoms with Gasteiger partial charge in [-0.15, -0.1) is 0 Å². The van der Waals surface area contributed by atoms with Gasteiger partial charge in [-0.25, -0.2) is 8.42 Å². The van der Waals surface area contributed by atoms with Crippen molar-refractivity contribution in [3.63, 3.8) is 0 Å². The molecule has 24 heavy (non-hydrogen) atoms. The van der Waals surface area contributed by atoms with Crippen LogP contribution in [-0.4, -0.2) is 14.3 Å². The number of anilines is 2. The first kappa shape index (κ1) is 16.5. The molecule has 0 heterocycles. The molecule has 0 unspecified atom stereocenters. The van der Waals surface area contributed by atoms with Crippen LogP contribution in [0.4, 0.5) is 11.4 Å². The first-order chi connectivity index (χ1) is 11.3. The molecule has 0 radical (unpaired) electrons. The minimum Gasteiger partial charge on any atom is -0.326 e. The lowest BCUT2D eigenvalue weighted by Gasteiger charge is -2.12. The van der Waals surface area contributed by atoms with Crippen molar-refractivity contribution >= 4 is 27.3 Å². The van der Waals surface area contributed by atoms with Crippen molar-refractivity contribution in [2.45, 2.75) is 38.0 Å². The lowest BCUT2D eigenvalue weighted by atomic mass is 10.1. The minimum atomic E-state index is -3.71. The highest BCUT2D eigenvalue weighted by atomic mass is 32.2. The molecule has 5 nitrogen and oxygen atoms in total. The van der Waals surface area contributed by atoms with E-state index in [1.165, 1.54) is 30.2 Å². The number of benzene rings is 2. The third-order valence-corrected chi connectivity index (χ3v) is 5.56. The quantitative estimate of drug-likeness (QED) is 0.894. The molecule has 2 N–H and O–H groups in total. The van der Waals surface area contributed by atoms with Gasteiger partial charge in [0.05, 0.1) is 4.90 Å². The Bertz CT molecular complexity index is 904. The molecule has 3 rings (SSSR count). The van der Waals surface area contributed by atoms with E-state index in [2.05, 4.69) is 10.0 Å². The Morgan fingerprint density at radius 1 is 1.04 bits per heavy atom. The number of sulfonamides is 1. The molecule has 1 aliphatic carbocycles. The van der Waals surface area contributed by atoms with Gasteiger partial charge >= 0.3 is 0 Å². The molecule has 0 aromatic heterocycles. The van der Waals surface area contributed by atoms with E-state index in [0.717, 1.165) is 24.8 Å². The van der Waals surface area contributed by atoms with E-state index < -0.39 is 10.0 Å². The molecule has 126 valence electrons. The zero-order valence-corrected chi connectivity index (χ0v) is 14.5. The van der Waals surface area contributed by atoms with Crippen LogP contribution in [0.25, 0.3) is 0 Å². The molecule has 1 amide bonds. The summed E-state index contributed by atoms with van der Waals surface area (Å²) in [6.07, 6.45) is 3.16. The van der Waals surface area contributed by atoms with E-state index in [1.807, 2.05) is 19.1 Å². The van der Waals surface area contributed by atoms with Crippen LogP contribution in [0.2, 0.25) is 0 Å². The Labute approximate surface area is 142 Å². The highest BCUT2D eigenvalue weighted by molar-refractivity contribution is 7.92. The number of hydrogen-bond acceptors (Lipinski definition) is 3. The van der Waals surface area contributed by atoms with Crippen LogP contribution in [0.15, 0.2) is 41.3 Å². The van der Waals surface area contributed by atoms with Gasteiger partial charge in [-0.3, -0.25) is 9.52 Å². The summed E-state index contributed by atoms with van der Waals surface area (Å²) in [5, 5.41) is 2.65. The van der Waals surface area contributed by atoms with Crippen molar-refractivity contribution in [2.24, 2.45) is 0 Å². The monoisotopic (exact) mass is 344 g/mol. The summed E-state index contributed by atoms with van der Waals surface area (Å²) in [5.41, 5.74) is 4.37. The van der Waals surface area contributed by atoms with E-state index in [1.54, 1.807) is 12.1 Å². The largest absolute Gasteiger partial charge is 0.326 e. The van der Waals surface area contributed by atoms with Gasteiger partial charge in [0.15, 0.2) is 0 Å². The van der Waals surface area contributed by atoms with Gasteiger partial charge in [0.1, 0.15) is 0 Å². The Morgan fingerprint density at radius 3 is 2.54 bits per heavy atom. The van der Waals surface area contributed by atoms with Crippen molar-refractivity contribution in [3.05, 3.63) is 53.1 Å². The molecule has 0 aliphatic heterocycles. The van der Waals surface area contributed by atoms with Crippen molar-refractivity contribution in [1.29, 1.82) is 0 Å². The fourth-order valence-electron chi connectivity index (χ4n) is 2.94. The van der Waals surface area contributed by atoms with Gasteiger partial charge in [-0.05, 0) is 67.1 Å². The molecule has 1 aliphatic rings. The maximum Gasteiger partial charge on any atom is 0.261 e. The number of amides is 1. The van der Waals surface area contributed by atoms with Gasteiger partial charge in [0.25, 0.3) is 10.0 Å². The summed E-state index contributed by atoms with van der Waals surface area (Å²) in [6.45, 7) is 3.21. The highest BCUT2D eigenvalue weighted by Gasteiger charge is 2.18. The molecular weight excluding hydrogens is 324 g/mol. The number of rotatable bonds is 4. The van der Waals surface area contributed by atoms with E-state index in [4.69, 9.17) is 0 Å². The van der Waals surface area contributed by atoms with Crippen LogP contribution in [0, 0.1) is 6.92 Å². The van der Waals surface area contributed by atoms with E-state index in [9.17, 15) is 13.2 Å². The van der Waals surface area contributed by atoms with Crippen LogP contribution in [0.3, 0.4) is 0 Å². The predicted molar refractivity (Wildman–Crippen MR) is 94.8 cm³/mol. The average molecular weight is 344 g/mol. The van der Waals surface area contributed by atoms with Gasteiger partial charge in [-0.2, -0.15) is 0 Å². The summed E-state index contributed by atoms with van der Waals surface area (Å²) in [5.74, 6) is -0.237. The summed E-state index contributed by atoms with van der Waals surface area (Å²) < 4.78 is 27.9. The predicted octanol–water partition coefficient (Wildman–Crippen LogP) is 3.24. The summed E-state index contributed by atoms with van der Waals surface area (Å²) in [6, 6.07) is 10.4. The van der Waals surface area contributed by atoms with Gasteiger partial charge < -0.3 is 5.32 Å². The van der Waals surface area contributed by atoms with E-state index in [0.29, 0.717) is 11.4 Å². The molecule has 0 saturated carbocycles. The Kier molecular flexibility index (Phi) is 4.32. The maximum absolute atomic E-state index is 12.6. The fourth-order valence-corrected chi connectivity index (χ4v) is 4.02. The van der Waals surface area contributed by atoms with Crippen molar-refractivity contribution in [1.82, 2.24) is 0 Å². The molecule has 0 saturated heterocycles. The van der Waals surface area contributed by atoms with Crippen LogP contribution >= 0.6 is 0 Å². The topological polar surface area (TPSA) is 75.3 Å². The normalized spacial score (nSPS) is 13.4. The second-order valence-electron chi connectivity index (χ2n) is 6.10. The molecule has 0 atom stereocenters. The van der Waals surface area contributed by atoms with Crippen molar-refractivity contribution in [3.8, 4) is 0 Å². The summed E-state index contributed by atoms with van der Waals surface area (Å²) in [7, 11) is -3.71. The Morgan fingerprint density at radius 2 is 1.79 bits per heavy atom. The number of carbonyl (C=O) groups is 1. The second-order valence-corrected chi connectivity index (χ2v) is 7.78. The van der Waals surface area contributed by atoms with Crippen LogP contribution in [-0.2, 0) is 27.7 Å². The average Bonchev–Trinajstić information content (AvgIpc) is 2.96. The Hall–Kier alpha value is -2.34. The lowest BCUT2D eigenvalue weighted by Crippen LogP contribution is -2.14. The number of nitrogens with one attached hydrogen (secondary N) is 2. The van der Waals surface area contributed by atoms with Gasteiger partial charge in [0.2, 0.25) is 5.91 Å². The van der Waals surface area contributed by atoms with Crippen molar-refractivity contribution < 1.29 is 13.2 Å². The van der Waals surface area contributed by atoms with Crippen LogP contribution in [0.5, 0.6) is 0 Å². The minimum absolute atomic E-state index is 0.123. The molecule has 0 spiro atoms. The first-order valence-electron chi connectivity index (χ1n) is 7.88. The fraction of sp³-hybridized carbons (Fsp3) is 0.278. The third kappa shape index (κ3) is 3.43. The zero-order chi connectivity index (χ0) is 17.3. The molecule has 2 aromatic rings. The summed E-state index contributed by atoms with van der Waals surface area (Å²) >= 11 is 0. The maximum atomic E-state index is 12.6. The number of aryl methyl sites for hydroxylation is 3. The first-order valence-corrected chi connectivity index (χ1v) is 9.36. The standard InChI is InChI=1S/C18H20N2O3S/c1-12-6-9-17(11-18(12)19-13(2)21)24(22,23)20-16-8-7-14-4-3-5-15(14)10-16/h6-11,20H,3-5H2,1-2H3,(H,19,21). The third-order valence-electron chi connectivity index (χ3n) is 4.18. The molecule has 2 aromatic carbocycles. The van der Waals surface area contributed by atoms with E-state index in [-0.39, 0.29) is 10.8 Å². The zero-order valence-electron chi connectivity index (χ0n) is 13.7. The SMILES string of the molecule is CC(=O)Nc1cc(S(=O)(=O)Nc2ccc3c(c2)CCC3)ccc1C. The van der Waals surface area contributed by atoms with E-state index >= 15 is 0 Å².